The van der Waals surface area contributed by atoms with Crippen LogP contribution >= 0.6 is 0 Å². The average molecular weight is 217 g/mol. The number of aromatic nitrogens is 2. The van der Waals surface area contributed by atoms with Crippen LogP contribution in [0.4, 0.5) is 0 Å². The molecule has 0 spiro atoms. The SMILES string of the molecule is NC1CCc2nc(C3CCCC3)ncc2C1. The first kappa shape index (κ1) is 10.2. The van der Waals surface area contributed by atoms with E-state index in [0.29, 0.717) is 12.0 Å². The summed E-state index contributed by atoms with van der Waals surface area (Å²) in [5.41, 5.74) is 8.50. The van der Waals surface area contributed by atoms with Gasteiger partial charge in [0.05, 0.1) is 0 Å². The van der Waals surface area contributed by atoms with Gasteiger partial charge in [-0.1, -0.05) is 12.8 Å². The Kier molecular flexibility index (Phi) is 2.64. The number of fused-ring (bicyclic) bond motifs is 1. The smallest absolute Gasteiger partial charge is 0.131 e. The van der Waals surface area contributed by atoms with E-state index in [4.69, 9.17) is 10.7 Å². The van der Waals surface area contributed by atoms with Crippen molar-refractivity contribution in [3.63, 3.8) is 0 Å². The first-order chi connectivity index (χ1) is 7.83. The quantitative estimate of drug-likeness (QED) is 0.782. The number of aryl methyl sites for hydroxylation is 1. The summed E-state index contributed by atoms with van der Waals surface area (Å²) in [5.74, 6) is 1.72. The van der Waals surface area contributed by atoms with Crippen LogP contribution < -0.4 is 5.73 Å². The van der Waals surface area contributed by atoms with Gasteiger partial charge in [0.2, 0.25) is 0 Å². The summed E-state index contributed by atoms with van der Waals surface area (Å²) in [6, 6.07) is 0.313. The van der Waals surface area contributed by atoms with E-state index in [0.717, 1.165) is 25.1 Å². The molecule has 1 aromatic heterocycles. The van der Waals surface area contributed by atoms with Gasteiger partial charge in [-0.15, -0.1) is 0 Å². The molecule has 1 heterocycles. The normalized spacial score (nSPS) is 25.7. The van der Waals surface area contributed by atoms with Crippen LogP contribution in [-0.4, -0.2) is 16.0 Å². The lowest BCUT2D eigenvalue weighted by Gasteiger charge is -2.21. The summed E-state index contributed by atoms with van der Waals surface area (Å²) in [7, 11) is 0. The molecule has 1 fully saturated rings. The Labute approximate surface area is 96.5 Å². The fraction of sp³-hybridized carbons (Fsp3) is 0.692. The van der Waals surface area contributed by atoms with Crippen LogP contribution in [0.3, 0.4) is 0 Å². The lowest BCUT2D eigenvalue weighted by molar-refractivity contribution is 0.553. The van der Waals surface area contributed by atoms with Crippen molar-refractivity contribution in [3.8, 4) is 0 Å². The fourth-order valence-electron chi connectivity index (χ4n) is 2.93. The van der Waals surface area contributed by atoms with Crippen LogP contribution in [0.5, 0.6) is 0 Å². The second kappa shape index (κ2) is 4.13. The maximum atomic E-state index is 5.95. The van der Waals surface area contributed by atoms with Crippen molar-refractivity contribution in [3.05, 3.63) is 23.3 Å². The third-order valence-corrected chi connectivity index (χ3v) is 3.93. The molecule has 3 rings (SSSR count). The van der Waals surface area contributed by atoms with Crippen molar-refractivity contribution < 1.29 is 0 Å². The lowest BCUT2D eigenvalue weighted by Crippen LogP contribution is -2.29. The minimum Gasteiger partial charge on any atom is -0.327 e. The van der Waals surface area contributed by atoms with Crippen LogP contribution in [0.15, 0.2) is 6.20 Å². The van der Waals surface area contributed by atoms with E-state index in [9.17, 15) is 0 Å². The molecule has 1 unspecified atom stereocenters. The van der Waals surface area contributed by atoms with E-state index in [1.54, 1.807) is 0 Å². The van der Waals surface area contributed by atoms with Crippen molar-refractivity contribution in [1.82, 2.24) is 9.97 Å². The second-order valence-electron chi connectivity index (χ2n) is 5.18. The molecule has 2 N–H and O–H groups in total. The molecule has 3 nitrogen and oxygen atoms in total. The number of nitrogens with zero attached hydrogens (tertiary/aromatic N) is 2. The lowest BCUT2D eigenvalue weighted by atomic mass is 9.93. The van der Waals surface area contributed by atoms with Crippen molar-refractivity contribution in [2.45, 2.75) is 56.9 Å². The van der Waals surface area contributed by atoms with E-state index < -0.39 is 0 Å². The zero-order valence-electron chi connectivity index (χ0n) is 9.65. The van der Waals surface area contributed by atoms with Crippen molar-refractivity contribution in [2.24, 2.45) is 5.73 Å². The van der Waals surface area contributed by atoms with Crippen molar-refractivity contribution in [1.29, 1.82) is 0 Å². The van der Waals surface area contributed by atoms with Gasteiger partial charge in [0.1, 0.15) is 5.82 Å². The van der Waals surface area contributed by atoms with Crippen LogP contribution in [-0.2, 0) is 12.8 Å². The van der Waals surface area contributed by atoms with Gasteiger partial charge in [0.25, 0.3) is 0 Å². The van der Waals surface area contributed by atoms with Crippen LogP contribution in [0, 0.1) is 0 Å². The highest BCUT2D eigenvalue weighted by molar-refractivity contribution is 5.23. The molecular weight excluding hydrogens is 198 g/mol. The van der Waals surface area contributed by atoms with Crippen LogP contribution in [0.25, 0.3) is 0 Å². The molecule has 0 bridgehead atoms. The third kappa shape index (κ3) is 1.84. The number of rotatable bonds is 1. The first-order valence-corrected chi connectivity index (χ1v) is 6.43. The maximum Gasteiger partial charge on any atom is 0.131 e. The molecule has 1 aromatic rings. The van der Waals surface area contributed by atoms with Gasteiger partial charge in [-0.05, 0) is 37.7 Å². The van der Waals surface area contributed by atoms with Gasteiger partial charge < -0.3 is 5.73 Å². The zero-order chi connectivity index (χ0) is 11.0. The summed E-state index contributed by atoms with van der Waals surface area (Å²) in [4.78, 5) is 9.30. The number of hydrogen-bond acceptors (Lipinski definition) is 3. The third-order valence-electron chi connectivity index (χ3n) is 3.93. The predicted molar refractivity (Wildman–Crippen MR) is 63.2 cm³/mol. The summed E-state index contributed by atoms with van der Waals surface area (Å²) >= 11 is 0. The Bertz CT molecular complexity index is 383. The molecule has 0 saturated heterocycles. The Morgan fingerprint density at radius 3 is 2.81 bits per heavy atom. The maximum absolute atomic E-state index is 5.95. The van der Waals surface area contributed by atoms with Crippen molar-refractivity contribution >= 4 is 0 Å². The first-order valence-electron chi connectivity index (χ1n) is 6.43. The standard InChI is InChI=1S/C13H19N3/c14-11-5-6-12-10(7-11)8-15-13(16-12)9-3-1-2-4-9/h8-9,11H,1-7,14H2. The van der Waals surface area contributed by atoms with Gasteiger partial charge >= 0.3 is 0 Å². The van der Waals surface area contributed by atoms with E-state index in [-0.39, 0.29) is 0 Å². The molecule has 16 heavy (non-hydrogen) atoms. The van der Waals surface area contributed by atoms with Crippen molar-refractivity contribution in [2.75, 3.05) is 0 Å². The molecule has 0 amide bonds. The number of nitrogens with two attached hydrogens (primary N) is 1. The van der Waals surface area contributed by atoms with Gasteiger partial charge in [0, 0.05) is 23.9 Å². The Hall–Kier alpha value is -0.960. The molecule has 1 atom stereocenters. The second-order valence-corrected chi connectivity index (χ2v) is 5.18. The topological polar surface area (TPSA) is 51.8 Å². The molecule has 2 aliphatic rings. The molecule has 86 valence electrons. The van der Waals surface area contributed by atoms with Gasteiger partial charge in [0.15, 0.2) is 0 Å². The Morgan fingerprint density at radius 2 is 2.00 bits per heavy atom. The molecule has 0 aliphatic heterocycles. The molecule has 0 radical (unpaired) electrons. The minimum atomic E-state index is 0.313. The van der Waals surface area contributed by atoms with E-state index in [2.05, 4.69) is 4.98 Å². The van der Waals surface area contributed by atoms with E-state index in [1.807, 2.05) is 6.20 Å². The summed E-state index contributed by atoms with van der Waals surface area (Å²) in [6.45, 7) is 0. The van der Waals surface area contributed by atoms with Gasteiger partial charge in [-0.25, -0.2) is 9.97 Å². The summed E-state index contributed by atoms with van der Waals surface area (Å²) < 4.78 is 0. The average Bonchev–Trinajstić information content (AvgIpc) is 2.82. The summed E-state index contributed by atoms with van der Waals surface area (Å²) in [6.07, 6.45) is 10.3. The largest absolute Gasteiger partial charge is 0.327 e. The van der Waals surface area contributed by atoms with Gasteiger partial charge in [-0.2, -0.15) is 0 Å². The minimum absolute atomic E-state index is 0.313. The molecule has 3 heteroatoms. The van der Waals surface area contributed by atoms with Crippen LogP contribution in [0.2, 0.25) is 0 Å². The Morgan fingerprint density at radius 1 is 1.19 bits per heavy atom. The van der Waals surface area contributed by atoms with Gasteiger partial charge in [-0.3, -0.25) is 0 Å². The molecular formula is C13H19N3. The predicted octanol–water partition coefficient (Wildman–Crippen LogP) is 1.95. The monoisotopic (exact) mass is 217 g/mol. The van der Waals surface area contributed by atoms with E-state index in [1.165, 1.54) is 36.9 Å². The highest BCUT2D eigenvalue weighted by atomic mass is 14.9. The molecule has 2 aliphatic carbocycles. The van der Waals surface area contributed by atoms with Crippen LogP contribution in [0.1, 0.15) is 55.1 Å². The zero-order valence-corrected chi connectivity index (χ0v) is 9.65. The highest BCUT2D eigenvalue weighted by Gasteiger charge is 2.22. The highest BCUT2D eigenvalue weighted by Crippen LogP contribution is 2.32. The summed E-state index contributed by atoms with van der Waals surface area (Å²) in [5, 5.41) is 0. The fourth-order valence-corrected chi connectivity index (χ4v) is 2.93. The molecule has 1 saturated carbocycles. The van der Waals surface area contributed by atoms with E-state index >= 15 is 0 Å². The Balaban J connectivity index is 1.87. The number of hydrogen-bond donors (Lipinski definition) is 1. The molecule has 0 aromatic carbocycles.